The fourth-order valence-corrected chi connectivity index (χ4v) is 7.58. The number of fused-ring (bicyclic) bond motifs is 10. The van der Waals surface area contributed by atoms with Crippen LogP contribution in [0.3, 0.4) is 0 Å². The lowest BCUT2D eigenvalue weighted by Gasteiger charge is -2.38. The molecule has 0 amide bonds. The Hall–Kier alpha value is -4.54. The molecule has 51 heavy (non-hydrogen) atoms. The van der Waals surface area contributed by atoms with Gasteiger partial charge in [-0.15, -0.1) is 6.58 Å². The van der Waals surface area contributed by atoms with Crippen molar-refractivity contribution < 1.29 is 19.3 Å². The van der Waals surface area contributed by atoms with Gasteiger partial charge in [0.05, 0.1) is 5.76 Å². The maximum absolute atomic E-state index is 7.00. The van der Waals surface area contributed by atoms with Crippen molar-refractivity contribution in [2.24, 2.45) is 10.8 Å². The highest BCUT2D eigenvalue weighted by molar-refractivity contribution is 5.81. The van der Waals surface area contributed by atoms with Gasteiger partial charge in [0.1, 0.15) is 12.0 Å². The Morgan fingerprint density at radius 3 is 1.43 bits per heavy atom. The fraction of sp³-hybridized carbons (Fsp3) is 0.362. The molecule has 0 atom stereocenters. The van der Waals surface area contributed by atoms with Crippen LogP contribution in [0, 0.1) is 10.8 Å². The van der Waals surface area contributed by atoms with Gasteiger partial charge in [-0.05, 0) is 54.0 Å². The molecule has 0 aromatic heterocycles. The standard InChI is InChI=1S/C19H18O.C16H12O2.C9H18.C2H6.CH4O/c1-13-12-18(2,3)19(20-13)16-10-6-4-8-14(16)15-9-5-7-11-17(15)19;1-11-10-17-16(18-11)14-8-4-2-6-12(14)13-7-3-5-9-15(13)16;1-5-7-8-9(3,4)6-2;2*1-2/h4-12H,1-3H3;2-10H,1H3;6H,2,5,7-8H2,1,3-4H3;1-2H3;2H,1H3. The predicted molar refractivity (Wildman–Crippen MR) is 213 cm³/mol. The van der Waals surface area contributed by atoms with E-state index in [2.05, 4.69) is 127 Å². The Bertz CT molecular complexity index is 1770. The van der Waals surface area contributed by atoms with Crippen LogP contribution in [0.1, 0.15) is 104 Å². The molecule has 4 heteroatoms. The van der Waals surface area contributed by atoms with E-state index in [4.69, 9.17) is 19.3 Å². The molecule has 0 saturated carbocycles. The van der Waals surface area contributed by atoms with Crippen molar-refractivity contribution in [2.45, 2.75) is 93.0 Å². The van der Waals surface area contributed by atoms with Gasteiger partial charge in [0.15, 0.2) is 5.60 Å². The van der Waals surface area contributed by atoms with Crippen LogP contribution in [0.15, 0.2) is 134 Å². The van der Waals surface area contributed by atoms with Crippen LogP contribution < -0.4 is 0 Å². The lowest BCUT2D eigenvalue weighted by molar-refractivity contribution is -0.116. The van der Waals surface area contributed by atoms with E-state index in [-0.39, 0.29) is 11.0 Å². The summed E-state index contributed by atoms with van der Waals surface area (Å²) >= 11 is 0. The van der Waals surface area contributed by atoms with Crippen LogP contribution in [0.5, 0.6) is 0 Å². The summed E-state index contributed by atoms with van der Waals surface area (Å²) < 4.78 is 18.3. The number of ether oxygens (including phenoxy) is 3. The Morgan fingerprint density at radius 1 is 0.667 bits per heavy atom. The molecule has 0 saturated heterocycles. The highest BCUT2D eigenvalue weighted by Gasteiger charge is 2.57. The van der Waals surface area contributed by atoms with E-state index in [0.29, 0.717) is 5.41 Å². The van der Waals surface area contributed by atoms with Gasteiger partial charge in [0.2, 0.25) is 0 Å². The first-order valence-electron chi connectivity index (χ1n) is 18.4. The number of hydrogen-bond acceptors (Lipinski definition) is 4. The van der Waals surface area contributed by atoms with Crippen molar-refractivity contribution >= 4 is 0 Å². The zero-order valence-electron chi connectivity index (χ0n) is 32.5. The molecule has 4 aliphatic rings. The summed E-state index contributed by atoms with van der Waals surface area (Å²) in [6.45, 7) is 23.0. The third-order valence-corrected chi connectivity index (χ3v) is 9.96. The molecule has 4 nitrogen and oxygen atoms in total. The smallest absolute Gasteiger partial charge is 0.305 e. The lowest BCUT2D eigenvalue weighted by Crippen LogP contribution is -2.38. The third-order valence-electron chi connectivity index (χ3n) is 9.96. The first-order valence-corrected chi connectivity index (χ1v) is 18.4. The van der Waals surface area contributed by atoms with Gasteiger partial charge in [0.25, 0.3) is 0 Å². The second-order valence-corrected chi connectivity index (χ2v) is 14.3. The number of aliphatic hydroxyl groups is 1. The van der Waals surface area contributed by atoms with Crippen LogP contribution in [-0.2, 0) is 25.6 Å². The summed E-state index contributed by atoms with van der Waals surface area (Å²) in [5.41, 5.74) is 9.67. The van der Waals surface area contributed by atoms with E-state index >= 15 is 0 Å². The molecule has 2 heterocycles. The molecule has 270 valence electrons. The maximum Gasteiger partial charge on any atom is 0.305 e. The molecule has 8 rings (SSSR count). The summed E-state index contributed by atoms with van der Waals surface area (Å²) in [5, 5.41) is 7.00. The average Bonchev–Trinajstić information content (AvgIpc) is 3.85. The minimum atomic E-state index is -0.767. The highest BCUT2D eigenvalue weighted by atomic mass is 16.7. The zero-order valence-corrected chi connectivity index (χ0v) is 32.5. The first kappa shape index (κ1) is 39.2. The fourth-order valence-electron chi connectivity index (χ4n) is 7.58. The average molecular weight is 687 g/mol. The topological polar surface area (TPSA) is 47.9 Å². The minimum Gasteiger partial charge on any atom is -0.482 e. The molecule has 4 aromatic carbocycles. The van der Waals surface area contributed by atoms with Crippen LogP contribution in [-0.4, -0.2) is 12.2 Å². The monoisotopic (exact) mass is 686 g/mol. The van der Waals surface area contributed by atoms with Crippen molar-refractivity contribution in [1.82, 2.24) is 0 Å². The molecule has 2 aliphatic carbocycles. The third kappa shape index (κ3) is 7.17. The molecule has 0 unspecified atom stereocenters. The van der Waals surface area contributed by atoms with E-state index in [1.54, 1.807) is 6.26 Å². The Balaban J connectivity index is 0.000000174. The van der Waals surface area contributed by atoms with Crippen molar-refractivity contribution in [2.75, 3.05) is 7.11 Å². The first-order chi connectivity index (χ1) is 24.5. The minimum absolute atomic E-state index is 0.0558. The van der Waals surface area contributed by atoms with Gasteiger partial charge in [-0.2, -0.15) is 0 Å². The van der Waals surface area contributed by atoms with Crippen molar-refractivity contribution in [3.8, 4) is 22.3 Å². The van der Waals surface area contributed by atoms with Gasteiger partial charge in [-0.25, -0.2) is 0 Å². The maximum atomic E-state index is 7.00. The largest absolute Gasteiger partial charge is 0.482 e. The van der Waals surface area contributed by atoms with Crippen molar-refractivity contribution in [1.29, 1.82) is 0 Å². The quantitative estimate of drug-likeness (QED) is 0.217. The summed E-state index contributed by atoms with van der Waals surface area (Å²) in [6.07, 6.45) is 9.87. The second kappa shape index (κ2) is 16.2. The van der Waals surface area contributed by atoms with E-state index in [1.165, 1.54) is 52.6 Å². The number of rotatable bonds is 4. The van der Waals surface area contributed by atoms with E-state index in [0.717, 1.165) is 29.8 Å². The van der Waals surface area contributed by atoms with Crippen LogP contribution in [0.4, 0.5) is 0 Å². The van der Waals surface area contributed by atoms with Crippen molar-refractivity contribution in [3.05, 3.63) is 156 Å². The molecule has 2 spiro atoms. The van der Waals surface area contributed by atoms with Crippen LogP contribution in [0.25, 0.3) is 22.3 Å². The Morgan fingerprint density at radius 2 is 1.08 bits per heavy atom. The summed E-state index contributed by atoms with van der Waals surface area (Å²) in [6, 6.07) is 33.8. The number of hydrogen-bond donors (Lipinski definition) is 1. The van der Waals surface area contributed by atoms with E-state index in [1.807, 2.05) is 51.1 Å². The number of benzene rings is 4. The molecular weight excluding hydrogens is 629 g/mol. The Kier molecular flexibility index (Phi) is 12.5. The van der Waals surface area contributed by atoms with Gasteiger partial charge in [-0.1, -0.05) is 164 Å². The summed E-state index contributed by atoms with van der Waals surface area (Å²) in [4.78, 5) is 0. The van der Waals surface area contributed by atoms with Crippen LogP contribution in [0.2, 0.25) is 0 Å². The summed E-state index contributed by atoms with van der Waals surface area (Å²) in [7, 11) is 1.00. The molecule has 4 aromatic rings. The molecular formula is C47H58O4. The van der Waals surface area contributed by atoms with E-state index in [9.17, 15) is 0 Å². The lowest BCUT2D eigenvalue weighted by atomic mass is 9.70. The summed E-state index contributed by atoms with van der Waals surface area (Å²) in [5.74, 6) is 1.06. The number of aliphatic hydroxyl groups excluding tert-OH is 1. The SMILES string of the molecule is C=CC(C)(C)CCCC.CC.CC1=CC(C)(C)C2(O1)c1ccccc1-c1ccccc12.CC1=COC2(O1)c1ccccc1-c1ccccc12.CO. The molecule has 0 radical (unpaired) electrons. The van der Waals surface area contributed by atoms with Gasteiger partial charge in [-0.3, -0.25) is 0 Å². The predicted octanol–water partition coefficient (Wildman–Crippen LogP) is 12.7. The van der Waals surface area contributed by atoms with Crippen LogP contribution >= 0.6 is 0 Å². The van der Waals surface area contributed by atoms with Gasteiger partial charge >= 0.3 is 5.79 Å². The van der Waals surface area contributed by atoms with Crippen molar-refractivity contribution in [3.63, 3.8) is 0 Å². The molecule has 0 bridgehead atoms. The molecule has 0 fully saturated rings. The second-order valence-electron chi connectivity index (χ2n) is 14.3. The zero-order chi connectivity index (χ0) is 37.5. The van der Waals surface area contributed by atoms with Gasteiger partial charge in [0, 0.05) is 34.8 Å². The number of allylic oxidation sites excluding steroid dienone is 3. The molecule has 2 aliphatic heterocycles. The Labute approximate surface area is 307 Å². The van der Waals surface area contributed by atoms with E-state index < -0.39 is 5.79 Å². The number of unbranched alkanes of at least 4 members (excludes halogenated alkanes) is 1. The van der Waals surface area contributed by atoms with Gasteiger partial charge < -0.3 is 19.3 Å². The highest BCUT2D eigenvalue weighted by Crippen LogP contribution is 2.62. The molecule has 1 N–H and O–H groups in total. The normalized spacial score (nSPS) is 16.5.